The number of nitrogens with one attached hydrogen (secondary N) is 1. The molecule has 2 unspecified atom stereocenters. The molecule has 3 rings (SSSR count). The van der Waals surface area contributed by atoms with Gasteiger partial charge in [0.2, 0.25) is 0 Å². The average molecular weight is 531 g/mol. The number of hydrogen-bond acceptors (Lipinski definition) is 4. The van der Waals surface area contributed by atoms with E-state index in [1.165, 1.54) is 19.4 Å². The molecule has 1 N–H and O–H groups in total. The van der Waals surface area contributed by atoms with E-state index in [0.29, 0.717) is 31.2 Å². The Labute approximate surface area is 216 Å². The first kappa shape index (κ1) is 30.9. The molecule has 0 bridgehead atoms. The first-order valence-electron chi connectivity index (χ1n) is 12.7. The van der Waals surface area contributed by atoms with Gasteiger partial charge in [-0.25, -0.2) is 8.78 Å². The van der Waals surface area contributed by atoms with E-state index in [0.717, 1.165) is 56.0 Å². The fraction of sp³-hybridized carbons (Fsp3) is 0.630. The molecule has 0 radical (unpaired) electrons. The normalized spacial score (nSPS) is 18.6. The SMILES string of the molecule is C=C(F)/C=C(F)\C=C(\C(CC)CCN(C)C)C(C)C(F)(F)F.O=Cc1n[nH]c2c1CCN(CC1CC1)C2. The molecule has 10 heteroatoms. The Balaban J connectivity index is 0.000000275. The summed E-state index contributed by atoms with van der Waals surface area (Å²) >= 11 is 0. The van der Waals surface area contributed by atoms with Gasteiger partial charge in [-0.3, -0.25) is 14.8 Å². The van der Waals surface area contributed by atoms with Gasteiger partial charge in [0, 0.05) is 31.3 Å². The predicted octanol–water partition coefficient (Wildman–Crippen LogP) is 6.42. The van der Waals surface area contributed by atoms with E-state index in [4.69, 9.17) is 0 Å². The van der Waals surface area contributed by atoms with Crippen LogP contribution in [0.3, 0.4) is 0 Å². The van der Waals surface area contributed by atoms with E-state index in [9.17, 15) is 26.7 Å². The highest BCUT2D eigenvalue weighted by molar-refractivity contribution is 5.74. The number of carbonyl (C=O) groups is 1. The highest BCUT2D eigenvalue weighted by Crippen LogP contribution is 2.38. The second-order valence-electron chi connectivity index (χ2n) is 10.2. The minimum Gasteiger partial charge on any atom is -0.309 e. The third-order valence-corrected chi connectivity index (χ3v) is 6.85. The number of aldehydes is 1. The van der Waals surface area contributed by atoms with Gasteiger partial charge in [0.15, 0.2) is 6.29 Å². The van der Waals surface area contributed by atoms with Crippen molar-refractivity contribution in [2.45, 2.75) is 58.7 Å². The highest BCUT2D eigenvalue weighted by atomic mass is 19.4. The van der Waals surface area contributed by atoms with Crippen LogP contribution in [0, 0.1) is 17.8 Å². The maximum absolute atomic E-state index is 13.7. The van der Waals surface area contributed by atoms with Crippen molar-refractivity contribution in [2.24, 2.45) is 17.8 Å². The average Bonchev–Trinajstić information content (AvgIpc) is 3.53. The van der Waals surface area contributed by atoms with E-state index in [2.05, 4.69) is 21.7 Å². The topological polar surface area (TPSA) is 52.2 Å². The molecule has 1 fully saturated rings. The summed E-state index contributed by atoms with van der Waals surface area (Å²) in [7, 11) is 3.63. The quantitative estimate of drug-likeness (QED) is 0.204. The van der Waals surface area contributed by atoms with Gasteiger partial charge in [0.25, 0.3) is 0 Å². The van der Waals surface area contributed by atoms with Gasteiger partial charge in [-0.1, -0.05) is 19.1 Å². The number of aromatic nitrogens is 2. The molecule has 1 saturated carbocycles. The number of allylic oxidation sites excluding steroid dienone is 5. The maximum Gasteiger partial charge on any atom is 0.395 e. The zero-order valence-electron chi connectivity index (χ0n) is 22.2. The van der Waals surface area contributed by atoms with E-state index in [1.807, 2.05) is 19.0 Å². The van der Waals surface area contributed by atoms with Crippen LogP contribution in [0.25, 0.3) is 0 Å². The second kappa shape index (κ2) is 14.0. The Morgan fingerprint density at radius 3 is 2.46 bits per heavy atom. The van der Waals surface area contributed by atoms with Crippen molar-refractivity contribution in [2.75, 3.05) is 33.7 Å². The zero-order valence-corrected chi connectivity index (χ0v) is 22.2. The third kappa shape index (κ3) is 10.2. The van der Waals surface area contributed by atoms with Crippen LogP contribution in [0.5, 0.6) is 0 Å². The molecule has 1 aliphatic heterocycles. The van der Waals surface area contributed by atoms with Crippen molar-refractivity contribution in [3.05, 3.63) is 52.9 Å². The Morgan fingerprint density at radius 2 is 1.95 bits per heavy atom. The predicted molar refractivity (Wildman–Crippen MR) is 135 cm³/mol. The number of fused-ring (bicyclic) bond motifs is 1. The van der Waals surface area contributed by atoms with E-state index in [-0.39, 0.29) is 5.57 Å². The van der Waals surface area contributed by atoms with Crippen LogP contribution in [0.15, 0.2) is 36.0 Å². The first-order valence-corrected chi connectivity index (χ1v) is 12.7. The molecule has 2 heterocycles. The smallest absolute Gasteiger partial charge is 0.309 e. The molecule has 0 aromatic carbocycles. The van der Waals surface area contributed by atoms with Gasteiger partial charge in [-0.15, -0.1) is 0 Å². The fourth-order valence-corrected chi connectivity index (χ4v) is 4.47. The number of nitrogens with zero attached hydrogens (tertiary/aromatic N) is 3. The van der Waals surface area contributed by atoms with Crippen LogP contribution in [-0.2, 0) is 13.0 Å². The highest BCUT2D eigenvalue weighted by Gasteiger charge is 2.40. The van der Waals surface area contributed by atoms with Crippen molar-refractivity contribution in [3.8, 4) is 0 Å². The van der Waals surface area contributed by atoms with Crippen LogP contribution in [0.1, 0.15) is 61.3 Å². The molecular weight excluding hydrogens is 491 g/mol. The van der Waals surface area contributed by atoms with E-state index >= 15 is 0 Å². The van der Waals surface area contributed by atoms with Crippen LogP contribution in [0.4, 0.5) is 22.0 Å². The largest absolute Gasteiger partial charge is 0.395 e. The Hall–Kier alpha value is -2.33. The maximum atomic E-state index is 13.7. The van der Waals surface area contributed by atoms with Gasteiger partial charge in [0.1, 0.15) is 17.3 Å². The molecule has 37 heavy (non-hydrogen) atoms. The molecule has 5 nitrogen and oxygen atoms in total. The van der Waals surface area contributed by atoms with Crippen LogP contribution >= 0.6 is 0 Å². The number of rotatable bonds is 11. The van der Waals surface area contributed by atoms with Gasteiger partial charge in [-0.2, -0.15) is 18.3 Å². The molecule has 2 atom stereocenters. The summed E-state index contributed by atoms with van der Waals surface area (Å²) in [4.78, 5) is 15.0. The van der Waals surface area contributed by atoms with Gasteiger partial charge < -0.3 is 4.90 Å². The van der Waals surface area contributed by atoms with Crippen LogP contribution in [0.2, 0.25) is 0 Å². The minimum atomic E-state index is -4.47. The Kier molecular flexibility index (Phi) is 11.7. The van der Waals surface area contributed by atoms with Crippen molar-refractivity contribution in [1.82, 2.24) is 20.0 Å². The standard InChI is InChI=1S/C16H24F5N.C11H15N3O/c1-6-13(7-8-22(4)5)15(12(3)16(19,20)21)10-14(18)9-11(2)17;15-7-11-9-3-4-14(5-8-1-2-8)6-10(9)12-13-11/h9-10,12-13H,2,6-8H2,1,3-5H3;7-8H,1-6H2,(H,12,13)/b14-9+,15-10+;. The number of carbonyl (C=O) groups excluding carboxylic acids is 1. The molecule has 2 aliphatic rings. The molecular formula is C27H39F5N4O. The summed E-state index contributed by atoms with van der Waals surface area (Å²) < 4.78 is 65.3. The third-order valence-electron chi connectivity index (χ3n) is 6.85. The van der Waals surface area contributed by atoms with Gasteiger partial charge in [-0.05, 0) is 77.6 Å². The lowest BCUT2D eigenvalue weighted by atomic mass is 9.84. The number of alkyl halides is 3. The molecule has 1 aromatic heterocycles. The van der Waals surface area contributed by atoms with Crippen LogP contribution in [-0.4, -0.2) is 66.2 Å². The molecule has 208 valence electrons. The van der Waals surface area contributed by atoms with Crippen molar-refractivity contribution < 1.29 is 26.7 Å². The lowest BCUT2D eigenvalue weighted by molar-refractivity contribution is -0.161. The summed E-state index contributed by atoms with van der Waals surface area (Å²) in [6.45, 7) is 9.45. The van der Waals surface area contributed by atoms with Crippen molar-refractivity contribution >= 4 is 6.29 Å². The lowest BCUT2D eigenvalue weighted by Gasteiger charge is -2.27. The van der Waals surface area contributed by atoms with E-state index in [1.54, 1.807) is 6.92 Å². The Morgan fingerprint density at radius 1 is 1.27 bits per heavy atom. The molecule has 0 spiro atoms. The number of H-pyrrole nitrogens is 1. The zero-order chi connectivity index (χ0) is 27.8. The molecule has 0 amide bonds. The molecule has 1 aliphatic carbocycles. The summed E-state index contributed by atoms with van der Waals surface area (Å²) in [5.74, 6) is -3.37. The second-order valence-corrected chi connectivity index (χ2v) is 10.2. The molecule has 1 aromatic rings. The monoisotopic (exact) mass is 530 g/mol. The first-order chi connectivity index (χ1) is 17.3. The minimum absolute atomic E-state index is 0.0631. The van der Waals surface area contributed by atoms with Crippen molar-refractivity contribution in [3.63, 3.8) is 0 Å². The number of halogens is 5. The summed E-state index contributed by atoms with van der Waals surface area (Å²) in [6.07, 6.45) is 2.35. The van der Waals surface area contributed by atoms with Crippen LogP contribution < -0.4 is 0 Å². The number of aromatic amines is 1. The summed E-state index contributed by atoms with van der Waals surface area (Å²) in [6, 6.07) is 0. The number of hydrogen-bond donors (Lipinski definition) is 1. The summed E-state index contributed by atoms with van der Waals surface area (Å²) in [5, 5.41) is 7.00. The van der Waals surface area contributed by atoms with Gasteiger partial charge >= 0.3 is 6.18 Å². The van der Waals surface area contributed by atoms with Gasteiger partial charge in [0.05, 0.1) is 11.6 Å². The lowest BCUT2D eigenvalue weighted by Crippen LogP contribution is -2.32. The van der Waals surface area contributed by atoms with E-state index < -0.39 is 29.7 Å². The van der Waals surface area contributed by atoms with Crippen molar-refractivity contribution in [1.29, 1.82) is 0 Å². The summed E-state index contributed by atoms with van der Waals surface area (Å²) in [5.41, 5.74) is 2.82. The Bertz CT molecular complexity index is 962. The fourth-order valence-electron chi connectivity index (χ4n) is 4.47. The molecule has 0 saturated heterocycles.